The second kappa shape index (κ2) is 7.71. The summed E-state index contributed by atoms with van der Waals surface area (Å²) in [7, 11) is 0. The fourth-order valence-electron chi connectivity index (χ4n) is 4.34. The average Bonchev–Trinajstić information content (AvgIpc) is 2.76. The van der Waals surface area contributed by atoms with Gasteiger partial charge in [0.05, 0.1) is 11.1 Å². The molecule has 3 heterocycles. The number of hydrogen-bond donors (Lipinski definition) is 1. The van der Waals surface area contributed by atoms with Crippen LogP contribution in [0.5, 0.6) is 5.75 Å². The molecule has 2 aromatic heterocycles. The SMILES string of the molecule is CC1CCN(Cc2c(O)ccc3c(-c4cc5ccccc5oc4=O)cc(=O)oc23)CC1. The van der Waals surface area contributed by atoms with Gasteiger partial charge in [0, 0.05) is 28.9 Å². The van der Waals surface area contributed by atoms with E-state index in [9.17, 15) is 14.7 Å². The van der Waals surface area contributed by atoms with Crippen molar-refractivity contribution in [2.24, 2.45) is 5.92 Å². The first-order valence-electron chi connectivity index (χ1n) is 10.5. The van der Waals surface area contributed by atoms with Crippen LogP contribution in [0.4, 0.5) is 0 Å². The van der Waals surface area contributed by atoms with Gasteiger partial charge in [-0.3, -0.25) is 4.90 Å². The van der Waals surface area contributed by atoms with Gasteiger partial charge in [-0.05, 0) is 56.1 Å². The fourth-order valence-corrected chi connectivity index (χ4v) is 4.34. The van der Waals surface area contributed by atoms with E-state index in [1.807, 2.05) is 12.1 Å². The topological polar surface area (TPSA) is 83.9 Å². The van der Waals surface area contributed by atoms with Gasteiger partial charge in [-0.25, -0.2) is 9.59 Å². The summed E-state index contributed by atoms with van der Waals surface area (Å²) < 4.78 is 11.0. The molecule has 0 bridgehead atoms. The molecule has 0 atom stereocenters. The Morgan fingerprint density at radius 3 is 2.58 bits per heavy atom. The first-order chi connectivity index (χ1) is 15.0. The Hall–Kier alpha value is -3.38. The number of rotatable bonds is 3. The monoisotopic (exact) mass is 417 g/mol. The van der Waals surface area contributed by atoms with Gasteiger partial charge >= 0.3 is 11.3 Å². The van der Waals surface area contributed by atoms with E-state index in [1.54, 1.807) is 30.3 Å². The van der Waals surface area contributed by atoms with E-state index in [-0.39, 0.29) is 5.75 Å². The minimum absolute atomic E-state index is 0.0805. The highest BCUT2D eigenvalue weighted by Gasteiger charge is 2.21. The maximum atomic E-state index is 12.7. The van der Waals surface area contributed by atoms with Crippen LogP contribution < -0.4 is 11.3 Å². The van der Waals surface area contributed by atoms with Crippen LogP contribution in [0.2, 0.25) is 0 Å². The lowest BCUT2D eigenvalue weighted by molar-refractivity contribution is 0.183. The van der Waals surface area contributed by atoms with Crippen molar-refractivity contribution in [2.45, 2.75) is 26.3 Å². The summed E-state index contributed by atoms with van der Waals surface area (Å²) in [6, 6.07) is 13.6. The lowest BCUT2D eigenvalue weighted by atomic mass is 9.97. The maximum Gasteiger partial charge on any atom is 0.344 e. The van der Waals surface area contributed by atoms with Crippen molar-refractivity contribution in [1.29, 1.82) is 0 Å². The number of fused-ring (bicyclic) bond motifs is 2. The molecule has 0 saturated carbocycles. The van der Waals surface area contributed by atoms with Crippen molar-refractivity contribution in [1.82, 2.24) is 4.90 Å². The van der Waals surface area contributed by atoms with Gasteiger partial charge in [0.2, 0.25) is 0 Å². The molecule has 2 aromatic carbocycles. The number of para-hydroxylation sites is 1. The second-order valence-electron chi connectivity index (χ2n) is 8.36. The third kappa shape index (κ3) is 3.64. The van der Waals surface area contributed by atoms with E-state index < -0.39 is 11.3 Å². The summed E-state index contributed by atoms with van der Waals surface area (Å²) in [5, 5.41) is 11.9. The Balaban J connectivity index is 1.68. The van der Waals surface area contributed by atoms with Gasteiger partial charge < -0.3 is 13.9 Å². The highest BCUT2D eigenvalue weighted by atomic mass is 16.4. The molecule has 0 radical (unpaired) electrons. The molecular weight excluding hydrogens is 394 g/mol. The van der Waals surface area contributed by atoms with Crippen LogP contribution in [-0.4, -0.2) is 23.1 Å². The molecule has 31 heavy (non-hydrogen) atoms. The molecule has 6 nitrogen and oxygen atoms in total. The normalized spacial score (nSPS) is 15.6. The van der Waals surface area contributed by atoms with Gasteiger partial charge in [0.25, 0.3) is 0 Å². The van der Waals surface area contributed by atoms with E-state index in [1.165, 1.54) is 6.07 Å². The molecule has 0 spiro atoms. The summed E-state index contributed by atoms with van der Waals surface area (Å²) in [5.74, 6) is 0.769. The third-order valence-corrected chi connectivity index (χ3v) is 6.18. The smallest absolute Gasteiger partial charge is 0.344 e. The molecular formula is C25H23NO5. The number of phenols is 1. The van der Waals surface area contributed by atoms with Gasteiger partial charge in [0.15, 0.2) is 0 Å². The Labute approximate surface area is 178 Å². The quantitative estimate of drug-likeness (QED) is 0.494. The largest absolute Gasteiger partial charge is 0.507 e. The van der Waals surface area contributed by atoms with E-state index in [4.69, 9.17) is 8.83 Å². The molecule has 5 rings (SSSR count). The predicted octanol–water partition coefficient (Wildman–Crippen LogP) is 4.50. The third-order valence-electron chi connectivity index (χ3n) is 6.18. The predicted molar refractivity (Wildman–Crippen MR) is 119 cm³/mol. The van der Waals surface area contributed by atoms with Crippen LogP contribution in [0.15, 0.2) is 67.0 Å². The minimum atomic E-state index is -0.575. The number of benzene rings is 2. The summed E-state index contributed by atoms with van der Waals surface area (Å²) in [6.07, 6.45) is 2.19. The zero-order valence-corrected chi connectivity index (χ0v) is 17.3. The van der Waals surface area contributed by atoms with Crippen molar-refractivity contribution in [3.05, 3.63) is 74.9 Å². The maximum absolute atomic E-state index is 12.7. The van der Waals surface area contributed by atoms with Crippen LogP contribution >= 0.6 is 0 Å². The van der Waals surface area contributed by atoms with Crippen LogP contribution in [0.1, 0.15) is 25.3 Å². The van der Waals surface area contributed by atoms with E-state index in [2.05, 4.69) is 11.8 Å². The molecule has 1 fully saturated rings. The molecule has 0 amide bonds. The highest BCUT2D eigenvalue weighted by Crippen LogP contribution is 2.34. The lowest BCUT2D eigenvalue weighted by Gasteiger charge is -2.30. The number of hydrogen-bond acceptors (Lipinski definition) is 6. The molecule has 0 unspecified atom stereocenters. The number of piperidine rings is 1. The van der Waals surface area contributed by atoms with Crippen LogP contribution in [0.3, 0.4) is 0 Å². The van der Waals surface area contributed by atoms with Gasteiger partial charge in [-0.1, -0.05) is 25.1 Å². The van der Waals surface area contributed by atoms with Gasteiger partial charge in [-0.15, -0.1) is 0 Å². The number of likely N-dealkylation sites (tertiary alicyclic amines) is 1. The average molecular weight is 417 g/mol. The Kier molecular flexibility index (Phi) is 4.87. The Morgan fingerprint density at radius 2 is 1.77 bits per heavy atom. The fraction of sp³-hybridized carbons (Fsp3) is 0.280. The summed E-state index contributed by atoms with van der Waals surface area (Å²) in [4.78, 5) is 27.4. The first kappa shape index (κ1) is 19.6. The minimum Gasteiger partial charge on any atom is -0.507 e. The number of phenolic OH excluding ortho intramolecular Hbond substituents is 1. The van der Waals surface area contributed by atoms with Crippen molar-refractivity contribution in [2.75, 3.05) is 13.1 Å². The standard InChI is InChI=1S/C25H23NO5/c1-15-8-10-26(11-9-15)14-20-21(27)7-6-17-18(13-23(28)31-24(17)20)19-12-16-4-2-3-5-22(16)30-25(19)29/h2-7,12-13,15,27H,8-11,14H2,1H3. The summed E-state index contributed by atoms with van der Waals surface area (Å²) in [6.45, 7) is 4.58. The van der Waals surface area contributed by atoms with E-state index >= 15 is 0 Å². The molecule has 158 valence electrons. The van der Waals surface area contributed by atoms with E-state index in [0.717, 1.165) is 31.3 Å². The second-order valence-corrected chi connectivity index (χ2v) is 8.36. The Bertz CT molecular complexity index is 1390. The van der Waals surface area contributed by atoms with Crippen molar-refractivity contribution < 1.29 is 13.9 Å². The molecule has 1 saturated heterocycles. The van der Waals surface area contributed by atoms with Crippen molar-refractivity contribution in [3.8, 4) is 16.9 Å². The van der Waals surface area contributed by atoms with E-state index in [0.29, 0.717) is 45.7 Å². The summed E-state index contributed by atoms with van der Waals surface area (Å²) in [5.41, 5.74) is 1.00. The van der Waals surface area contributed by atoms with Gasteiger partial charge in [0.1, 0.15) is 16.9 Å². The van der Waals surface area contributed by atoms with Crippen LogP contribution in [0.25, 0.3) is 33.1 Å². The molecule has 4 aromatic rings. The molecule has 1 aliphatic rings. The summed E-state index contributed by atoms with van der Waals surface area (Å²) >= 11 is 0. The number of aromatic hydroxyl groups is 1. The zero-order chi connectivity index (χ0) is 21.5. The van der Waals surface area contributed by atoms with Crippen LogP contribution in [-0.2, 0) is 6.54 Å². The van der Waals surface area contributed by atoms with Crippen LogP contribution in [0, 0.1) is 5.92 Å². The lowest BCUT2D eigenvalue weighted by Crippen LogP contribution is -2.32. The molecule has 1 N–H and O–H groups in total. The molecule has 1 aliphatic heterocycles. The highest BCUT2D eigenvalue weighted by molar-refractivity contribution is 5.97. The van der Waals surface area contributed by atoms with Gasteiger partial charge in [-0.2, -0.15) is 0 Å². The molecule has 6 heteroatoms. The number of nitrogens with zero attached hydrogens (tertiary/aromatic N) is 1. The zero-order valence-electron chi connectivity index (χ0n) is 17.3. The van der Waals surface area contributed by atoms with Crippen molar-refractivity contribution in [3.63, 3.8) is 0 Å². The molecule has 0 aliphatic carbocycles. The van der Waals surface area contributed by atoms with Crippen molar-refractivity contribution >= 4 is 21.9 Å². The Morgan fingerprint density at radius 1 is 1.00 bits per heavy atom. The first-order valence-corrected chi connectivity index (χ1v) is 10.5.